The molecule has 2 aromatic rings. The molecule has 0 saturated carbocycles. The minimum Gasteiger partial charge on any atom is -0.458 e. The highest BCUT2D eigenvalue weighted by Crippen LogP contribution is 2.24. The topological polar surface area (TPSA) is 82.1 Å². The third kappa shape index (κ3) is 5.07. The van der Waals surface area contributed by atoms with Gasteiger partial charge in [-0.1, -0.05) is 42.5 Å². The number of imide groups is 1. The van der Waals surface area contributed by atoms with Crippen LogP contribution < -0.4 is 0 Å². The molecule has 1 aliphatic rings. The first-order valence-corrected chi connectivity index (χ1v) is 9.25. The average molecular weight is 397 g/mol. The Morgan fingerprint density at radius 1 is 0.931 bits per heavy atom. The Labute approximate surface area is 169 Å². The number of amides is 2. The van der Waals surface area contributed by atoms with Crippen LogP contribution in [0, 0.1) is 0 Å². The lowest BCUT2D eigenvalue weighted by Gasteiger charge is -2.25. The monoisotopic (exact) mass is 397 g/mol. The zero-order valence-corrected chi connectivity index (χ0v) is 16.6. The zero-order chi connectivity index (χ0) is 21.0. The van der Waals surface area contributed by atoms with Gasteiger partial charge in [0.15, 0.2) is 0 Å². The van der Waals surface area contributed by atoms with Crippen LogP contribution in [0.1, 0.15) is 47.1 Å². The van der Waals surface area contributed by atoms with Crippen molar-refractivity contribution < 1.29 is 28.7 Å². The normalized spacial score (nSPS) is 14.7. The van der Waals surface area contributed by atoms with E-state index in [0.717, 1.165) is 5.56 Å². The first-order valence-electron chi connectivity index (χ1n) is 9.25. The second kappa shape index (κ2) is 8.55. The Morgan fingerprint density at radius 2 is 1.48 bits per heavy atom. The maximum Gasteiger partial charge on any atom is 0.341 e. The van der Waals surface area contributed by atoms with E-state index in [9.17, 15) is 14.4 Å². The molecule has 29 heavy (non-hydrogen) atoms. The van der Waals surface area contributed by atoms with Crippen molar-refractivity contribution in [2.24, 2.45) is 0 Å². The highest BCUT2D eigenvalue weighted by atomic mass is 16.7. The maximum absolute atomic E-state index is 12.6. The highest BCUT2D eigenvalue weighted by molar-refractivity contribution is 6.20. The summed E-state index contributed by atoms with van der Waals surface area (Å²) in [6.45, 7) is 5.21. The minimum absolute atomic E-state index is 0.183. The van der Waals surface area contributed by atoms with E-state index in [2.05, 4.69) is 0 Å². The molecule has 0 aromatic heterocycles. The Bertz CT molecular complexity index is 868. The fourth-order valence-electron chi connectivity index (χ4n) is 2.76. The van der Waals surface area contributed by atoms with Crippen molar-refractivity contribution in [1.82, 2.24) is 5.06 Å². The number of carbonyl (C=O) groups is 3. The Hall–Kier alpha value is -3.03. The van der Waals surface area contributed by atoms with Crippen molar-refractivity contribution in [3.63, 3.8) is 0 Å². The number of ether oxygens (including phenoxy) is 2. The van der Waals surface area contributed by atoms with Gasteiger partial charge >= 0.3 is 5.97 Å². The maximum atomic E-state index is 12.6. The number of fused-ring (bicyclic) bond motifs is 1. The van der Waals surface area contributed by atoms with E-state index < -0.39 is 29.5 Å². The third-order valence-corrected chi connectivity index (χ3v) is 4.04. The van der Waals surface area contributed by atoms with E-state index >= 15 is 0 Å². The van der Waals surface area contributed by atoms with Crippen molar-refractivity contribution >= 4 is 17.8 Å². The quantitative estimate of drug-likeness (QED) is 0.527. The molecule has 0 unspecified atom stereocenters. The molecule has 1 aliphatic heterocycles. The summed E-state index contributed by atoms with van der Waals surface area (Å²) in [5.74, 6) is -1.97. The van der Waals surface area contributed by atoms with Crippen LogP contribution in [-0.2, 0) is 25.7 Å². The number of rotatable bonds is 7. The van der Waals surface area contributed by atoms with Gasteiger partial charge in [0.25, 0.3) is 11.8 Å². The molecule has 0 aliphatic carbocycles. The summed E-state index contributed by atoms with van der Waals surface area (Å²) in [4.78, 5) is 43.2. The van der Waals surface area contributed by atoms with Crippen LogP contribution in [0.5, 0.6) is 0 Å². The summed E-state index contributed by atoms with van der Waals surface area (Å²) in [6.07, 6.45) is -1.28. The van der Waals surface area contributed by atoms with Gasteiger partial charge < -0.3 is 9.47 Å². The summed E-state index contributed by atoms with van der Waals surface area (Å²) in [5, 5.41) is 0.602. The summed E-state index contributed by atoms with van der Waals surface area (Å²) >= 11 is 0. The minimum atomic E-state index is -1.28. The van der Waals surface area contributed by atoms with Crippen LogP contribution in [0.4, 0.5) is 0 Å². The Balaban J connectivity index is 1.72. The van der Waals surface area contributed by atoms with E-state index in [-0.39, 0.29) is 24.3 Å². The van der Waals surface area contributed by atoms with E-state index in [1.807, 2.05) is 30.3 Å². The largest absolute Gasteiger partial charge is 0.458 e. The van der Waals surface area contributed by atoms with Gasteiger partial charge in [-0.15, -0.1) is 5.06 Å². The van der Waals surface area contributed by atoms with Crippen molar-refractivity contribution in [2.75, 3.05) is 6.61 Å². The summed E-state index contributed by atoms with van der Waals surface area (Å²) < 4.78 is 11.0. The molecular formula is C22H23NO6. The molecule has 3 rings (SSSR count). The molecule has 0 spiro atoms. The number of benzene rings is 2. The molecule has 0 N–H and O–H groups in total. The molecule has 0 fully saturated rings. The van der Waals surface area contributed by atoms with Crippen LogP contribution in [0.25, 0.3) is 0 Å². The third-order valence-electron chi connectivity index (χ3n) is 4.04. The van der Waals surface area contributed by atoms with E-state index in [1.54, 1.807) is 32.9 Å². The van der Waals surface area contributed by atoms with Crippen molar-refractivity contribution in [2.45, 2.75) is 39.1 Å². The van der Waals surface area contributed by atoms with Gasteiger partial charge in [0.1, 0.15) is 5.60 Å². The van der Waals surface area contributed by atoms with Gasteiger partial charge in [-0.3, -0.25) is 9.59 Å². The fourth-order valence-corrected chi connectivity index (χ4v) is 2.76. The SMILES string of the molecule is CC(C)(C)OC(=O)[C@@H](COCc1ccccc1)ON1C(=O)c2ccccc2C1=O. The van der Waals surface area contributed by atoms with Gasteiger partial charge in [-0.2, -0.15) is 0 Å². The van der Waals surface area contributed by atoms with Crippen molar-refractivity contribution in [1.29, 1.82) is 0 Å². The lowest BCUT2D eigenvalue weighted by molar-refractivity contribution is -0.197. The van der Waals surface area contributed by atoms with Crippen LogP contribution >= 0.6 is 0 Å². The molecule has 7 nitrogen and oxygen atoms in total. The molecule has 2 aromatic carbocycles. The summed E-state index contributed by atoms with van der Waals surface area (Å²) in [6, 6.07) is 15.8. The second-order valence-corrected chi connectivity index (χ2v) is 7.58. The standard InChI is InChI=1S/C22H23NO6/c1-22(2,3)28-21(26)18(14-27-13-15-9-5-4-6-10-15)29-23-19(24)16-11-7-8-12-17(16)20(23)25/h4-12,18H,13-14H2,1-3H3/t18-/m1/s1. The molecule has 2 amide bonds. The van der Waals surface area contributed by atoms with Gasteiger partial charge in [-0.25, -0.2) is 9.63 Å². The fraction of sp³-hybridized carbons (Fsp3) is 0.318. The number of hydroxylamine groups is 2. The van der Waals surface area contributed by atoms with Gasteiger partial charge in [-0.05, 0) is 38.5 Å². The number of hydrogen-bond acceptors (Lipinski definition) is 6. The van der Waals surface area contributed by atoms with E-state index in [1.165, 1.54) is 12.1 Å². The van der Waals surface area contributed by atoms with E-state index in [0.29, 0.717) is 5.06 Å². The molecule has 7 heteroatoms. The van der Waals surface area contributed by atoms with Crippen molar-refractivity contribution in [3.05, 3.63) is 71.3 Å². The van der Waals surface area contributed by atoms with Crippen LogP contribution in [0.3, 0.4) is 0 Å². The van der Waals surface area contributed by atoms with Crippen LogP contribution in [-0.4, -0.2) is 41.2 Å². The lowest BCUT2D eigenvalue weighted by atomic mass is 10.1. The molecular weight excluding hydrogens is 374 g/mol. The summed E-state index contributed by atoms with van der Waals surface area (Å²) in [5.41, 5.74) is 0.604. The number of esters is 1. The van der Waals surface area contributed by atoms with E-state index in [4.69, 9.17) is 14.3 Å². The van der Waals surface area contributed by atoms with Gasteiger partial charge in [0, 0.05) is 0 Å². The number of nitrogens with zero attached hydrogens (tertiary/aromatic N) is 1. The molecule has 1 atom stereocenters. The molecule has 0 saturated heterocycles. The second-order valence-electron chi connectivity index (χ2n) is 7.58. The molecule has 0 bridgehead atoms. The van der Waals surface area contributed by atoms with Gasteiger partial charge in [0.05, 0.1) is 24.3 Å². The molecule has 1 heterocycles. The average Bonchev–Trinajstić information content (AvgIpc) is 2.91. The predicted molar refractivity (Wildman–Crippen MR) is 104 cm³/mol. The highest BCUT2D eigenvalue weighted by Gasteiger charge is 2.40. The number of hydrogen-bond donors (Lipinski definition) is 0. The van der Waals surface area contributed by atoms with Gasteiger partial charge in [0.2, 0.25) is 6.10 Å². The smallest absolute Gasteiger partial charge is 0.341 e. The van der Waals surface area contributed by atoms with Crippen LogP contribution in [0.15, 0.2) is 54.6 Å². The number of carbonyl (C=O) groups excluding carboxylic acids is 3. The van der Waals surface area contributed by atoms with Crippen molar-refractivity contribution in [3.8, 4) is 0 Å². The molecule has 152 valence electrons. The molecule has 0 radical (unpaired) electrons. The summed E-state index contributed by atoms with van der Waals surface area (Å²) in [7, 11) is 0. The zero-order valence-electron chi connectivity index (χ0n) is 16.6. The Kier molecular flexibility index (Phi) is 6.10. The van der Waals surface area contributed by atoms with Crippen LogP contribution in [0.2, 0.25) is 0 Å². The first-order chi connectivity index (χ1) is 13.8. The predicted octanol–water partition coefficient (Wildman–Crippen LogP) is 3.14. The first kappa shape index (κ1) is 20.7. The lowest BCUT2D eigenvalue weighted by Crippen LogP contribution is -2.43. The Morgan fingerprint density at radius 3 is 2.03 bits per heavy atom.